The standard InChI is InChI=1S/C17H25N5/c1-13-5-6-14(2)16(11-13)22-17(18-12-19-22)15(3)21-9-7-20(4)8-10-21/h5-6,11-12,15H,7-10H2,1-4H3/t15-/m0/s1. The summed E-state index contributed by atoms with van der Waals surface area (Å²) < 4.78 is 2.01. The SMILES string of the molecule is Cc1ccc(C)c(-n2ncnc2[C@H](C)N2CCN(C)CC2)c1. The maximum absolute atomic E-state index is 4.55. The number of rotatable bonds is 3. The van der Waals surface area contributed by atoms with E-state index in [4.69, 9.17) is 0 Å². The van der Waals surface area contributed by atoms with E-state index in [9.17, 15) is 0 Å². The summed E-state index contributed by atoms with van der Waals surface area (Å²) >= 11 is 0. The van der Waals surface area contributed by atoms with Gasteiger partial charge >= 0.3 is 0 Å². The zero-order valence-corrected chi connectivity index (χ0v) is 14.0. The van der Waals surface area contributed by atoms with Crippen molar-refractivity contribution in [1.82, 2.24) is 24.6 Å². The third-order valence-corrected chi connectivity index (χ3v) is 4.63. The summed E-state index contributed by atoms with van der Waals surface area (Å²) in [5.41, 5.74) is 3.60. The van der Waals surface area contributed by atoms with Crippen LogP contribution in [0.3, 0.4) is 0 Å². The lowest BCUT2D eigenvalue weighted by molar-refractivity contribution is 0.114. The molecular weight excluding hydrogens is 274 g/mol. The summed E-state index contributed by atoms with van der Waals surface area (Å²) in [5.74, 6) is 1.03. The molecule has 1 aromatic heterocycles. The van der Waals surface area contributed by atoms with Crippen molar-refractivity contribution in [2.24, 2.45) is 0 Å². The van der Waals surface area contributed by atoms with E-state index >= 15 is 0 Å². The first-order chi connectivity index (χ1) is 10.6. The lowest BCUT2D eigenvalue weighted by atomic mass is 10.1. The van der Waals surface area contributed by atoms with E-state index in [0.717, 1.165) is 37.7 Å². The van der Waals surface area contributed by atoms with Crippen LogP contribution in [0.25, 0.3) is 5.69 Å². The Balaban J connectivity index is 1.90. The van der Waals surface area contributed by atoms with E-state index in [0.29, 0.717) is 0 Å². The summed E-state index contributed by atoms with van der Waals surface area (Å²) in [5, 5.41) is 4.49. The van der Waals surface area contributed by atoms with Crippen molar-refractivity contribution >= 4 is 0 Å². The van der Waals surface area contributed by atoms with E-state index in [1.165, 1.54) is 11.1 Å². The summed E-state index contributed by atoms with van der Waals surface area (Å²) in [7, 11) is 2.18. The van der Waals surface area contributed by atoms with Crippen molar-refractivity contribution in [1.29, 1.82) is 0 Å². The lowest BCUT2D eigenvalue weighted by Gasteiger charge is -2.36. The zero-order valence-electron chi connectivity index (χ0n) is 14.0. The molecule has 22 heavy (non-hydrogen) atoms. The molecule has 1 saturated heterocycles. The van der Waals surface area contributed by atoms with E-state index in [-0.39, 0.29) is 6.04 Å². The van der Waals surface area contributed by atoms with Crippen LogP contribution in [0.1, 0.15) is 29.9 Å². The fourth-order valence-electron chi connectivity index (χ4n) is 3.04. The molecule has 0 amide bonds. The van der Waals surface area contributed by atoms with Crippen LogP contribution in [0, 0.1) is 13.8 Å². The van der Waals surface area contributed by atoms with Gasteiger partial charge in [-0.05, 0) is 45.0 Å². The van der Waals surface area contributed by atoms with Crippen LogP contribution in [-0.4, -0.2) is 57.8 Å². The molecule has 0 aliphatic carbocycles. The van der Waals surface area contributed by atoms with Crippen LogP contribution in [0.4, 0.5) is 0 Å². The van der Waals surface area contributed by atoms with Gasteiger partial charge in [-0.3, -0.25) is 4.90 Å². The number of hydrogen-bond donors (Lipinski definition) is 0. The molecule has 0 unspecified atom stereocenters. The summed E-state index contributed by atoms with van der Waals surface area (Å²) in [6, 6.07) is 6.75. The molecule has 0 spiro atoms. The van der Waals surface area contributed by atoms with Crippen LogP contribution >= 0.6 is 0 Å². The number of aromatic nitrogens is 3. The molecule has 0 saturated carbocycles. The number of benzene rings is 1. The number of piperazine rings is 1. The molecule has 0 N–H and O–H groups in total. The highest BCUT2D eigenvalue weighted by molar-refractivity contribution is 5.43. The van der Waals surface area contributed by atoms with Crippen molar-refractivity contribution in [2.75, 3.05) is 33.2 Å². The van der Waals surface area contributed by atoms with Gasteiger partial charge in [0.1, 0.15) is 12.2 Å². The summed E-state index contributed by atoms with van der Waals surface area (Å²) in [6.45, 7) is 10.9. The largest absolute Gasteiger partial charge is 0.304 e. The van der Waals surface area contributed by atoms with Crippen LogP contribution in [0.15, 0.2) is 24.5 Å². The molecule has 3 rings (SSSR count). The van der Waals surface area contributed by atoms with Gasteiger partial charge in [-0.2, -0.15) is 5.10 Å². The van der Waals surface area contributed by atoms with E-state index < -0.39 is 0 Å². The molecular formula is C17H25N5. The van der Waals surface area contributed by atoms with Crippen molar-refractivity contribution in [3.63, 3.8) is 0 Å². The Kier molecular flexibility index (Phi) is 4.27. The molecule has 1 aromatic carbocycles. The second-order valence-electron chi connectivity index (χ2n) is 6.34. The molecule has 1 atom stereocenters. The van der Waals surface area contributed by atoms with Crippen molar-refractivity contribution in [3.8, 4) is 5.69 Å². The fraction of sp³-hybridized carbons (Fsp3) is 0.529. The second kappa shape index (κ2) is 6.18. The molecule has 1 aliphatic heterocycles. The van der Waals surface area contributed by atoms with Gasteiger partial charge in [0, 0.05) is 26.2 Å². The Labute approximate surface area is 132 Å². The Hall–Kier alpha value is -1.72. The van der Waals surface area contributed by atoms with Gasteiger partial charge in [0.05, 0.1) is 11.7 Å². The van der Waals surface area contributed by atoms with Gasteiger partial charge in [0.2, 0.25) is 0 Å². The molecule has 5 heteroatoms. The normalized spacial score (nSPS) is 18.5. The van der Waals surface area contributed by atoms with Gasteiger partial charge in [-0.25, -0.2) is 9.67 Å². The predicted octanol–water partition coefficient (Wildman–Crippen LogP) is 2.19. The third kappa shape index (κ3) is 2.91. The minimum atomic E-state index is 0.274. The van der Waals surface area contributed by atoms with Crippen molar-refractivity contribution in [3.05, 3.63) is 41.5 Å². The van der Waals surface area contributed by atoms with Gasteiger partial charge in [0.25, 0.3) is 0 Å². The summed E-state index contributed by atoms with van der Waals surface area (Å²) in [4.78, 5) is 9.42. The second-order valence-corrected chi connectivity index (χ2v) is 6.34. The Bertz CT molecular complexity index is 640. The van der Waals surface area contributed by atoms with Crippen LogP contribution in [-0.2, 0) is 0 Å². The molecule has 1 fully saturated rings. The first-order valence-corrected chi connectivity index (χ1v) is 7.96. The minimum absolute atomic E-state index is 0.274. The predicted molar refractivity (Wildman–Crippen MR) is 88.3 cm³/mol. The molecule has 1 aliphatic rings. The Morgan fingerprint density at radius 1 is 1.09 bits per heavy atom. The van der Waals surface area contributed by atoms with Crippen molar-refractivity contribution < 1.29 is 0 Å². The topological polar surface area (TPSA) is 37.2 Å². The quantitative estimate of drug-likeness (QED) is 0.870. The first kappa shape index (κ1) is 15.2. The highest BCUT2D eigenvalue weighted by atomic mass is 15.4. The first-order valence-electron chi connectivity index (χ1n) is 7.96. The van der Waals surface area contributed by atoms with E-state index in [1.807, 2.05) is 4.68 Å². The maximum Gasteiger partial charge on any atom is 0.149 e. The van der Waals surface area contributed by atoms with Crippen molar-refractivity contribution in [2.45, 2.75) is 26.8 Å². The minimum Gasteiger partial charge on any atom is -0.304 e. The van der Waals surface area contributed by atoms with Gasteiger partial charge in [-0.15, -0.1) is 0 Å². The molecule has 5 nitrogen and oxygen atoms in total. The highest BCUT2D eigenvalue weighted by Gasteiger charge is 2.24. The Morgan fingerprint density at radius 2 is 1.82 bits per heavy atom. The molecule has 0 bridgehead atoms. The van der Waals surface area contributed by atoms with E-state index in [1.54, 1.807) is 6.33 Å². The number of aryl methyl sites for hydroxylation is 2. The zero-order chi connectivity index (χ0) is 15.7. The monoisotopic (exact) mass is 299 g/mol. The fourth-order valence-corrected chi connectivity index (χ4v) is 3.04. The van der Waals surface area contributed by atoms with Crippen LogP contribution in [0.5, 0.6) is 0 Å². The Morgan fingerprint density at radius 3 is 2.55 bits per heavy atom. The van der Waals surface area contributed by atoms with Gasteiger partial charge < -0.3 is 4.90 Å². The molecule has 2 heterocycles. The molecule has 2 aromatic rings. The van der Waals surface area contributed by atoms with Gasteiger partial charge in [-0.1, -0.05) is 12.1 Å². The number of likely N-dealkylation sites (N-methyl/N-ethyl adjacent to an activating group) is 1. The highest BCUT2D eigenvalue weighted by Crippen LogP contribution is 2.23. The van der Waals surface area contributed by atoms with E-state index in [2.05, 4.69) is 65.9 Å². The average Bonchev–Trinajstić information content (AvgIpc) is 2.99. The third-order valence-electron chi connectivity index (χ3n) is 4.63. The number of nitrogens with zero attached hydrogens (tertiary/aromatic N) is 5. The summed E-state index contributed by atoms with van der Waals surface area (Å²) in [6.07, 6.45) is 1.67. The smallest absolute Gasteiger partial charge is 0.149 e. The van der Waals surface area contributed by atoms with Crippen LogP contribution in [0.2, 0.25) is 0 Å². The van der Waals surface area contributed by atoms with Crippen LogP contribution < -0.4 is 0 Å². The maximum atomic E-state index is 4.55. The molecule has 118 valence electrons. The lowest BCUT2D eigenvalue weighted by Crippen LogP contribution is -2.45. The number of hydrogen-bond acceptors (Lipinski definition) is 4. The van der Waals surface area contributed by atoms with Gasteiger partial charge in [0.15, 0.2) is 0 Å². The molecule has 0 radical (unpaired) electrons. The average molecular weight is 299 g/mol.